The van der Waals surface area contributed by atoms with Crippen LogP contribution in [-0.4, -0.2) is 43.6 Å². The largest absolute Gasteiger partial charge is 0.464 e. The first kappa shape index (κ1) is 17.5. The number of hydrogen-bond acceptors (Lipinski definition) is 3. The van der Waals surface area contributed by atoms with Crippen molar-refractivity contribution in [2.75, 3.05) is 32.1 Å². The summed E-state index contributed by atoms with van der Waals surface area (Å²) < 4.78 is 4.86. The predicted molar refractivity (Wildman–Crippen MR) is 97.0 cm³/mol. The van der Waals surface area contributed by atoms with Gasteiger partial charge >= 0.3 is 5.97 Å². The van der Waals surface area contributed by atoms with Gasteiger partial charge in [0.1, 0.15) is 5.69 Å². The summed E-state index contributed by atoms with van der Waals surface area (Å²) in [6.07, 6.45) is 2.39. The van der Waals surface area contributed by atoms with Gasteiger partial charge in [0.25, 0.3) is 5.91 Å². The summed E-state index contributed by atoms with van der Waals surface area (Å²) in [5.74, 6) is 0.0945. The molecule has 3 N–H and O–H groups in total. The molecule has 1 amide bonds. The average Bonchev–Trinajstić information content (AvgIpc) is 2.91. The fraction of sp³-hybridized carbons (Fsp3) is 0.474. The first-order valence-electron chi connectivity index (χ1n) is 8.82. The molecule has 1 aliphatic rings. The molecule has 6 nitrogen and oxygen atoms in total. The van der Waals surface area contributed by atoms with E-state index < -0.39 is 5.97 Å². The molecule has 2 atom stereocenters. The van der Waals surface area contributed by atoms with Gasteiger partial charge in [-0.2, -0.15) is 0 Å². The number of hydrogen-bond donors (Lipinski definition) is 3. The van der Waals surface area contributed by atoms with Crippen LogP contribution < -0.4 is 10.2 Å². The molecule has 0 bridgehead atoms. The number of aromatic nitrogens is 1. The highest BCUT2D eigenvalue weighted by molar-refractivity contribution is 6.11. The molecule has 1 aromatic heterocycles. The van der Waals surface area contributed by atoms with E-state index in [1.54, 1.807) is 0 Å². The van der Waals surface area contributed by atoms with Gasteiger partial charge in [0.05, 0.1) is 25.9 Å². The maximum atomic E-state index is 12.6. The van der Waals surface area contributed by atoms with Crippen molar-refractivity contribution in [3.05, 3.63) is 29.5 Å². The average molecular weight is 344 g/mol. The molecule has 2 heterocycles. The van der Waals surface area contributed by atoms with Crippen LogP contribution >= 0.6 is 0 Å². The van der Waals surface area contributed by atoms with E-state index in [-0.39, 0.29) is 5.91 Å². The van der Waals surface area contributed by atoms with E-state index in [4.69, 9.17) is 4.74 Å². The highest BCUT2D eigenvalue weighted by atomic mass is 16.5. The minimum absolute atomic E-state index is 0.0734. The van der Waals surface area contributed by atoms with E-state index >= 15 is 0 Å². The second-order valence-corrected chi connectivity index (χ2v) is 7.09. The number of anilines is 1. The third-order valence-electron chi connectivity index (χ3n) is 4.88. The molecule has 1 saturated heterocycles. The van der Waals surface area contributed by atoms with Gasteiger partial charge < -0.3 is 19.9 Å². The number of fused-ring (bicyclic) bond motifs is 1. The Balaban J connectivity index is 1.83. The summed E-state index contributed by atoms with van der Waals surface area (Å²) in [4.78, 5) is 29.0. The number of esters is 1. The maximum Gasteiger partial charge on any atom is 0.356 e. The number of piperidine rings is 1. The Kier molecular flexibility index (Phi) is 5.08. The second kappa shape index (κ2) is 7.27. The van der Waals surface area contributed by atoms with Crippen LogP contribution in [-0.2, 0) is 9.53 Å². The number of ether oxygens (including phenoxy) is 1. The fourth-order valence-electron chi connectivity index (χ4n) is 3.67. The number of amides is 1. The first-order valence-corrected chi connectivity index (χ1v) is 8.82. The normalized spacial score (nSPS) is 20.4. The van der Waals surface area contributed by atoms with Gasteiger partial charge in [-0.15, -0.1) is 0 Å². The minimum atomic E-state index is -0.483. The number of H-pyrrole nitrogens is 1. The quantitative estimate of drug-likeness (QED) is 0.736. The van der Waals surface area contributed by atoms with E-state index in [2.05, 4.69) is 17.2 Å². The second-order valence-electron chi connectivity index (χ2n) is 7.09. The van der Waals surface area contributed by atoms with Crippen LogP contribution in [0.25, 0.3) is 10.9 Å². The molecule has 3 rings (SSSR count). The van der Waals surface area contributed by atoms with Crippen molar-refractivity contribution in [1.82, 2.24) is 4.98 Å². The standard InChI is InChI=1S/C19H25N3O3/c1-12-6-7-14-15(9-12)20-18(19(24)25-3)17(14)21-16(23)11-22-8-4-5-13(2)10-22/h6-7,9,13,20H,4-5,8,10-11H2,1-3H3,(H,21,23)/p+1/t13-/m1/s1. The third kappa shape index (κ3) is 3.85. The Morgan fingerprint density at radius 2 is 2.20 bits per heavy atom. The monoisotopic (exact) mass is 344 g/mol. The molecule has 6 heteroatoms. The van der Waals surface area contributed by atoms with Gasteiger partial charge in [0.2, 0.25) is 0 Å². The Labute approximate surface area is 147 Å². The van der Waals surface area contributed by atoms with Crippen LogP contribution in [0, 0.1) is 12.8 Å². The number of aromatic amines is 1. The Bertz CT molecular complexity index is 797. The van der Waals surface area contributed by atoms with Crippen LogP contribution in [0.5, 0.6) is 0 Å². The molecule has 25 heavy (non-hydrogen) atoms. The van der Waals surface area contributed by atoms with Crippen LogP contribution in [0.4, 0.5) is 5.69 Å². The van der Waals surface area contributed by atoms with Gasteiger partial charge in [-0.05, 0) is 31.4 Å². The van der Waals surface area contributed by atoms with Crippen LogP contribution in [0.15, 0.2) is 18.2 Å². The maximum absolute atomic E-state index is 12.6. The zero-order valence-electron chi connectivity index (χ0n) is 15.1. The molecule has 0 spiro atoms. The molecule has 1 aromatic carbocycles. The number of benzene rings is 1. The first-order chi connectivity index (χ1) is 12.0. The molecular weight excluding hydrogens is 318 g/mol. The van der Waals surface area contributed by atoms with Crippen molar-refractivity contribution in [2.24, 2.45) is 5.92 Å². The number of aryl methyl sites for hydroxylation is 1. The molecular formula is C19H26N3O3+. The molecule has 1 unspecified atom stereocenters. The fourth-order valence-corrected chi connectivity index (χ4v) is 3.67. The zero-order chi connectivity index (χ0) is 18.0. The Morgan fingerprint density at radius 1 is 1.40 bits per heavy atom. The van der Waals surface area contributed by atoms with Crippen molar-refractivity contribution in [1.29, 1.82) is 0 Å². The van der Waals surface area contributed by atoms with E-state index in [0.717, 1.165) is 36.0 Å². The summed E-state index contributed by atoms with van der Waals surface area (Å²) in [6, 6.07) is 5.83. The van der Waals surface area contributed by atoms with Gasteiger partial charge in [0.15, 0.2) is 6.54 Å². The molecule has 0 radical (unpaired) electrons. The van der Waals surface area contributed by atoms with E-state index in [1.165, 1.54) is 18.4 Å². The summed E-state index contributed by atoms with van der Waals surface area (Å²) in [7, 11) is 1.34. The lowest BCUT2D eigenvalue weighted by molar-refractivity contribution is -0.900. The molecule has 2 aromatic rings. The van der Waals surface area contributed by atoms with Gasteiger partial charge in [-0.1, -0.05) is 19.1 Å². The molecule has 1 fully saturated rings. The van der Waals surface area contributed by atoms with E-state index in [9.17, 15) is 9.59 Å². The summed E-state index contributed by atoms with van der Waals surface area (Å²) in [5.41, 5.74) is 2.69. The zero-order valence-corrected chi connectivity index (χ0v) is 15.1. The van der Waals surface area contributed by atoms with Gasteiger partial charge in [0, 0.05) is 16.8 Å². The number of carbonyl (C=O) groups is 2. The van der Waals surface area contributed by atoms with Crippen molar-refractivity contribution in [2.45, 2.75) is 26.7 Å². The number of quaternary nitrogens is 1. The summed E-state index contributed by atoms with van der Waals surface area (Å²) in [6.45, 7) is 6.67. The lowest BCUT2D eigenvalue weighted by Gasteiger charge is -2.27. The van der Waals surface area contributed by atoms with Crippen LogP contribution in [0.1, 0.15) is 35.8 Å². The van der Waals surface area contributed by atoms with Gasteiger partial charge in [-0.25, -0.2) is 4.79 Å². The van der Waals surface area contributed by atoms with E-state index in [0.29, 0.717) is 23.8 Å². The van der Waals surface area contributed by atoms with E-state index in [1.807, 2.05) is 25.1 Å². The number of carbonyl (C=O) groups excluding carboxylic acids is 2. The highest BCUT2D eigenvalue weighted by Gasteiger charge is 2.25. The summed E-state index contributed by atoms with van der Waals surface area (Å²) >= 11 is 0. The van der Waals surface area contributed by atoms with Gasteiger partial charge in [-0.3, -0.25) is 4.79 Å². The van der Waals surface area contributed by atoms with Crippen LogP contribution in [0.3, 0.4) is 0 Å². The van der Waals surface area contributed by atoms with Crippen LogP contribution in [0.2, 0.25) is 0 Å². The number of likely N-dealkylation sites (tertiary alicyclic amines) is 1. The van der Waals surface area contributed by atoms with Crippen molar-refractivity contribution in [3.8, 4) is 0 Å². The number of methoxy groups -OCH3 is 1. The van der Waals surface area contributed by atoms with Crippen molar-refractivity contribution >= 4 is 28.5 Å². The van der Waals surface area contributed by atoms with Crippen molar-refractivity contribution in [3.63, 3.8) is 0 Å². The Morgan fingerprint density at radius 3 is 2.92 bits per heavy atom. The summed E-state index contributed by atoms with van der Waals surface area (Å²) in [5, 5.41) is 3.76. The number of nitrogens with one attached hydrogen (secondary N) is 3. The molecule has 1 aliphatic heterocycles. The Hall–Kier alpha value is -2.34. The topological polar surface area (TPSA) is 75.6 Å². The lowest BCUT2D eigenvalue weighted by atomic mass is 10.0. The lowest BCUT2D eigenvalue weighted by Crippen LogP contribution is -3.14. The highest BCUT2D eigenvalue weighted by Crippen LogP contribution is 2.29. The smallest absolute Gasteiger partial charge is 0.356 e. The molecule has 0 aliphatic carbocycles. The molecule has 0 saturated carbocycles. The number of rotatable bonds is 4. The SMILES string of the molecule is COC(=O)c1[nH]c2cc(C)ccc2c1NC(=O)C[NH+]1CCC[C@@H](C)C1. The third-order valence-corrected chi connectivity index (χ3v) is 4.88. The molecule has 134 valence electrons. The van der Waals surface area contributed by atoms with Crippen molar-refractivity contribution < 1.29 is 19.2 Å². The minimum Gasteiger partial charge on any atom is -0.464 e. The predicted octanol–water partition coefficient (Wildman–Crippen LogP) is 1.52.